The standard InChI is InChI=1S/C22H18ClFN2O3/c23-14-4-1-2-5-15(14)26-21(28)17-16-6-3-11-25(16)19(18(17)22(26)29)20(27)12-7-9-13(24)10-8-12/h1-2,4-5,7-10,16-19H,3,6,11H2/p+1/t16-,17+,18-,19+/m1/s1. The van der Waals surface area contributed by atoms with Crippen LogP contribution in [0.5, 0.6) is 0 Å². The van der Waals surface area contributed by atoms with Gasteiger partial charge < -0.3 is 4.90 Å². The smallest absolute Gasteiger partial charge is 0.244 e. The van der Waals surface area contributed by atoms with Crippen LogP contribution >= 0.6 is 11.6 Å². The third-order valence-corrected chi connectivity index (χ3v) is 6.87. The first-order chi connectivity index (χ1) is 14.0. The molecule has 0 spiro atoms. The molecule has 0 bridgehead atoms. The predicted molar refractivity (Wildman–Crippen MR) is 104 cm³/mol. The van der Waals surface area contributed by atoms with Crippen LogP contribution in [-0.2, 0) is 9.59 Å². The summed E-state index contributed by atoms with van der Waals surface area (Å²) < 4.78 is 13.3. The Morgan fingerprint density at radius 3 is 2.45 bits per heavy atom. The number of quaternary nitrogens is 1. The predicted octanol–water partition coefficient (Wildman–Crippen LogP) is 1.90. The Balaban J connectivity index is 1.56. The van der Waals surface area contributed by atoms with Crippen LogP contribution < -0.4 is 9.80 Å². The van der Waals surface area contributed by atoms with Crippen LogP contribution in [0, 0.1) is 17.7 Å². The number of ketones is 1. The van der Waals surface area contributed by atoms with E-state index in [0.717, 1.165) is 29.2 Å². The van der Waals surface area contributed by atoms with Crippen LogP contribution in [0.15, 0.2) is 48.5 Å². The minimum Gasteiger partial charge on any atom is -0.322 e. The summed E-state index contributed by atoms with van der Waals surface area (Å²) in [6.45, 7) is 0.752. The molecule has 3 heterocycles. The summed E-state index contributed by atoms with van der Waals surface area (Å²) in [5, 5.41) is 0.325. The van der Waals surface area contributed by atoms with E-state index in [2.05, 4.69) is 0 Å². The van der Waals surface area contributed by atoms with Gasteiger partial charge in [-0.2, -0.15) is 0 Å². The molecule has 5 atom stereocenters. The minimum absolute atomic E-state index is 0.0571. The van der Waals surface area contributed by atoms with E-state index in [9.17, 15) is 18.8 Å². The van der Waals surface area contributed by atoms with Gasteiger partial charge in [0.25, 0.3) is 0 Å². The molecule has 2 aromatic rings. The summed E-state index contributed by atoms with van der Waals surface area (Å²) >= 11 is 6.26. The van der Waals surface area contributed by atoms with Gasteiger partial charge in [0.15, 0.2) is 6.04 Å². The average molecular weight is 414 g/mol. The number of hydrogen-bond donors (Lipinski definition) is 1. The van der Waals surface area contributed by atoms with Crippen molar-refractivity contribution >= 4 is 34.9 Å². The zero-order valence-electron chi connectivity index (χ0n) is 15.5. The Morgan fingerprint density at radius 2 is 1.72 bits per heavy atom. The highest BCUT2D eigenvalue weighted by Crippen LogP contribution is 2.42. The number of hydrogen-bond acceptors (Lipinski definition) is 3. The molecule has 148 valence electrons. The van der Waals surface area contributed by atoms with Crippen molar-refractivity contribution in [3.05, 3.63) is 64.9 Å². The Morgan fingerprint density at radius 1 is 1.03 bits per heavy atom. The molecule has 7 heteroatoms. The molecule has 2 amide bonds. The number of rotatable bonds is 3. The molecular weight excluding hydrogens is 395 g/mol. The Kier molecular flexibility index (Phi) is 4.29. The second-order valence-corrected chi connectivity index (χ2v) is 8.34. The number of imide groups is 1. The third-order valence-electron chi connectivity index (χ3n) is 6.55. The Hall–Kier alpha value is -2.57. The maximum atomic E-state index is 13.4. The number of Topliss-reactive ketones (excluding diaryl/α,β-unsaturated/α-hetero) is 1. The number of amides is 2. The topological polar surface area (TPSA) is 58.9 Å². The lowest BCUT2D eigenvalue weighted by Gasteiger charge is -2.25. The lowest BCUT2D eigenvalue weighted by molar-refractivity contribution is -0.915. The summed E-state index contributed by atoms with van der Waals surface area (Å²) in [4.78, 5) is 42.2. The monoisotopic (exact) mass is 413 g/mol. The van der Waals surface area contributed by atoms with Crippen LogP contribution in [0.25, 0.3) is 0 Å². The number of carbonyl (C=O) groups excluding carboxylic acids is 3. The molecule has 3 fully saturated rings. The molecule has 29 heavy (non-hydrogen) atoms. The van der Waals surface area contributed by atoms with Gasteiger partial charge in [-0.25, -0.2) is 9.29 Å². The van der Waals surface area contributed by atoms with Gasteiger partial charge in [-0.3, -0.25) is 14.4 Å². The first-order valence-corrected chi connectivity index (χ1v) is 10.1. The van der Waals surface area contributed by atoms with E-state index in [-0.39, 0.29) is 23.6 Å². The molecule has 1 N–H and O–H groups in total. The molecular formula is C22H19ClFN2O3+. The van der Waals surface area contributed by atoms with Gasteiger partial charge >= 0.3 is 0 Å². The summed E-state index contributed by atoms with van der Waals surface area (Å²) in [6.07, 6.45) is 1.71. The number of nitrogens with one attached hydrogen (secondary N) is 1. The summed E-state index contributed by atoms with van der Waals surface area (Å²) in [5.41, 5.74) is 0.734. The van der Waals surface area contributed by atoms with E-state index in [0.29, 0.717) is 16.3 Å². The summed E-state index contributed by atoms with van der Waals surface area (Å²) in [6, 6.07) is 11.4. The van der Waals surface area contributed by atoms with Gasteiger partial charge in [-0.05, 0) is 36.4 Å². The molecule has 3 saturated heterocycles. The third kappa shape index (κ3) is 2.66. The van der Waals surface area contributed by atoms with Gasteiger partial charge in [0.05, 0.1) is 17.3 Å². The van der Waals surface area contributed by atoms with E-state index >= 15 is 0 Å². The molecule has 0 aromatic heterocycles. The fourth-order valence-corrected chi connectivity index (χ4v) is 5.63. The molecule has 0 radical (unpaired) electrons. The molecule has 5 nitrogen and oxygen atoms in total. The van der Waals surface area contributed by atoms with Gasteiger partial charge in [0.1, 0.15) is 23.7 Å². The Bertz CT molecular complexity index is 1020. The van der Waals surface area contributed by atoms with Gasteiger partial charge in [-0.1, -0.05) is 23.7 Å². The number of benzene rings is 2. The van der Waals surface area contributed by atoms with Crippen LogP contribution in [-0.4, -0.2) is 36.2 Å². The second-order valence-electron chi connectivity index (χ2n) is 7.94. The highest BCUT2D eigenvalue weighted by Gasteiger charge is 2.68. The molecule has 3 aliphatic heterocycles. The zero-order valence-corrected chi connectivity index (χ0v) is 16.2. The number of fused-ring (bicyclic) bond motifs is 3. The average Bonchev–Trinajstić information content (AvgIpc) is 3.35. The van der Waals surface area contributed by atoms with Crippen molar-refractivity contribution in [2.24, 2.45) is 11.8 Å². The highest BCUT2D eigenvalue weighted by atomic mass is 35.5. The number of nitrogens with zero attached hydrogens (tertiary/aromatic N) is 1. The van der Waals surface area contributed by atoms with Crippen molar-refractivity contribution in [2.45, 2.75) is 24.9 Å². The summed E-state index contributed by atoms with van der Waals surface area (Å²) in [5.74, 6) is -2.50. The van der Waals surface area contributed by atoms with Crippen LogP contribution in [0.4, 0.5) is 10.1 Å². The van der Waals surface area contributed by atoms with E-state index in [1.54, 1.807) is 24.3 Å². The van der Waals surface area contributed by atoms with E-state index < -0.39 is 23.7 Å². The zero-order chi connectivity index (χ0) is 20.3. The fraction of sp³-hybridized carbons (Fsp3) is 0.318. The highest BCUT2D eigenvalue weighted by molar-refractivity contribution is 6.36. The van der Waals surface area contributed by atoms with Crippen LogP contribution in [0.3, 0.4) is 0 Å². The number of halogens is 2. The first kappa shape index (κ1) is 18.5. The van der Waals surface area contributed by atoms with Crippen molar-refractivity contribution in [2.75, 3.05) is 11.4 Å². The van der Waals surface area contributed by atoms with Crippen LogP contribution in [0.1, 0.15) is 23.2 Å². The van der Waals surface area contributed by atoms with Crippen molar-refractivity contribution in [3.63, 3.8) is 0 Å². The van der Waals surface area contributed by atoms with Gasteiger partial charge in [0.2, 0.25) is 17.6 Å². The van der Waals surface area contributed by atoms with E-state index in [4.69, 9.17) is 11.6 Å². The number of carbonyl (C=O) groups is 3. The SMILES string of the molecule is O=C(c1ccc(F)cc1)[C@@H]1[C@@H]2C(=O)N(c3ccccc3Cl)C(=O)[C@H]2[C@H]2CCC[NH+]21. The second kappa shape index (κ2) is 6.75. The van der Waals surface area contributed by atoms with E-state index in [1.807, 2.05) is 0 Å². The maximum absolute atomic E-state index is 13.4. The minimum atomic E-state index is -0.711. The van der Waals surface area contributed by atoms with Gasteiger partial charge in [-0.15, -0.1) is 0 Å². The maximum Gasteiger partial charge on any atom is 0.244 e. The first-order valence-electron chi connectivity index (χ1n) is 9.77. The van der Waals surface area contributed by atoms with Crippen LogP contribution in [0.2, 0.25) is 5.02 Å². The number of para-hydroxylation sites is 1. The molecule has 0 saturated carbocycles. The van der Waals surface area contributed by atoms with Crippen molar-refractivity contribution in [3.8, 4) is 0 Å². The van der Waals surface area contributed by atoms with Gasteiger partial charge in [0, 0.05) is 18.4 Å². The normalized spacial score (nSPS) is 30.6. The fourth-order valence-electron chi connectivity index (χ4n) is 5.41. The van der Waals surface area contributed by atoms with Crippen molar-refractivity contribution in [1.29, 1.82) is 0 Å². The quantitative estimate of drug-likeness (QED) is 0.617. The Labute approximate surface area is 172 Å². The lowest BCUT2D eigenvalue weighted by atomic mass is 9.85. The van der Waals surface area contributed by atoms with Crippen molar-refractivity contribution in [1.82, 2.24) is 0 Å². The summed E-state index contributed by atoms with van der Waals surface area (Å²) in [7, 11) is 0. The largest absolute Gasteiger partial charge is 0.322 e. The lowest BCUT2D eigenvalue weighted by Crippen LogP contribution is -3.16. The molecule has 2 aromatic carbocycles. The molecule has 3 aliphatic rings. The molecule has 0 aliphatic carbocycles. The number of anilines is 1. The van der Waals surface area contributed by atoms with E-state index in [1.165, 1.54) is 24.3 Å². The molecule has 1 unspecified atom stereocenters. The molecule has 5 rings (SSSR count). The van der Waals surface area contributed by atoms with Crippen molar-refractivity contribution < 1.29 is 23.7 Å².